The Hall–Kier alpha value is -2.25. The average Bonchev–Trinajstić information content (AvgIpc) is 3.05. The fraction of sp³-hybridized carbons (Fsp3) is 0.609. The Balaban J connectivity index is 1.39. The number of amides is 1. The van der Waals surface area contributed by atoms with Crippen LogP contribution >= 0.6 is 0 Å². The largest absolute Gasteiger partial charge is 0.379 e. The molecule has 3 aliphatic rings. The summed E-state index contributed by atoms with van der Waals surface area (Å²) in [7, 11) is 1.68. The summed E-state index contributed by atoms with van der Waals surface area (Å²) in [6, 6.07) is 5.27. The Bertz CT molecular complexity index is 1060. The van der Waals surface area contributed by atoms with Crippen LogP contribution in [0.5, 0.6) is 0 Å². The Labute approximate surface area is 176 Å². The first-order chi connectivity index (χ1) is 14.3. The van der Waals surface area contributed by atoms with Crippen molar-refractivity contribution >= 4 is 16.8 Å². The van der Waals surface area contributed by atoms with Gasteiger partial charge in [0.25, 0.3) is 11.5 Å². The summed E-state index contributed by atoms with van der Waals surface area (Å²) in [4.78, 5) is 34.5. The summed E-state index contributed by atoms with van der Waals surface area (Å²) < 4.78 is 6.97. The SMILES string of the molecule is Cn1cnc2cc(C(=O)N3C[C@@H]4C(C)(C)C[C@]4(CN4CCOCC4)C3)ccc2c1=O. The highest BCUT2D eigenvalue weighted by molar-refractivity contribution is 5.97. The summed E-state index contributed by atoms with van der Waals surface area (Å²) in [5.74, 6) is 0.564. The van der Waals surface area contributed by atoms with Crippen LogP contribution in [-0.2, 0) is 11.8 Å². The van der Waals surface area contributed by atoms with Crippen LogP contribution in [0.3, 0.4) is 0 Å². The molecule has 3 fully saturated rings. The second-order valence-corrected chi connectivity index (χ2v) is 10.0. The number of aromatic nitrogens is 2. The van der Waals surface area contributed by atoms with Crippen molar-refractivity contribution < 1.29 is 9.53 Å². The molecule has 0 radical (unpaired) electrons. The molecule has 0 spiro atoms. The normalized spacial score (nSPS) is 28.4. The van der Waals surface area contributed by atoms with Gasteiger partial charge in [-0.2, -0.15) is 0 Å². The van der Waals surface area contributed by atoms with E-state index in [0.717, 1.165) is 52.4 Å². The molecule has 1 aromatic heterocycles. The van der Waals surface area contributed by atoms with E-state index in [9.17, 15) is 9.59 Å². The fourth-order valence-corrected chi connectivity index (χ4v) is 6.23. The summed E-state index contributed by atoms with van der Waals surface area (Å²) in [6.07, 6.45) is 2.66. The Morgan fingerprint density at radius 1 is 1.27 bits per heavy atom. The van der Waals surface area contributed by atoms with Crippen LogP contribution in [0.1, 0.15) is 30.6 Å². The van der Waals surface area contributed by atoms with Crippen molar-refractivity contribution in [3.05, 3.63) is 40.4 Å². The number of benzene rings is 1. The first-order valence-corrected chi connectivity index (χ1v) is 10.8. The highest BCUT2D eigenvalue weighted by Crippen LogP contribution is 2.63. The van der Waals surface area contributed by atoms with Crippen molar-refractivity contribution in [2.24, 2.45) is 23.8 Å². The van der Waals surface area contributed by atoms with Crippen molar-refractivity contribution in [3.8, 4) is 0 Å². The lowest BCUT2D eigenvalue weighted by atomic mass is 9.48. The van der Waals surface area contributed by atoms with Gasteiger partial charge in [0, 0.05) is 50.7 Å². The molecule has 5 rings (SSSR count). The topological polar surface area (TPSA) is 67.7 Å². The lowest BCUT2D eigenvalue weighted by Gasteiger charge is -2.58. The van der Waals surface area contributed by atoms with Crippen LogP contribution in [0.15, 0.2) is 29.3 Å². The van der Waals surface area contributed by atoms with E-state index in [-0.39, 0.29) is 22.3 Å². The Morgan fingerprint density at radius 3 is 2.77 bits per heavy atom. The number of fused-ring (bicyclic) bond motifs is 2. The zero-order valence-corrected chi connectivity index (χ0v) is 18.1. The lowest BCUT2D eigenvalue weighted by molar-refractivity contribution is -0.0966. The molecule has 1 aliphatic carbocycles. The van der Waals surface area contributed by atoms with E-state index < -0.39 is 0 Å². The van der Waals surface area contributed by atoms with Gasteiger partial charge in [0.15, 0.2) is 0 Å². The number of carbonyl (C=O) groups excluding carboxylic acids is 1. The molecule has 160 valence electrons. The predicted octanol–water partition coefficient (Wildman–Crippen LogP) is 1.75. The van der Waals surface area contributed by atoms with E-state index >= 15 is 0 Å². The minimum Gasteiger partial charge on any atom is -0.379 e. The highest BCUT2D eigenvalue weighted by atomic mass is 16.5. The van der Waals surface area contributed by atoms with Gasteiger partial charge in [0.05, 0.1) is 30.4 Å². The van der Waals surface area contributed by atoms with Gasteiger partial charge in [-0.25, -0.2) is 4.98 Å². The minimum atomic E-state index is -0.0931. The van der Waals surface area contributed by atoms with Crippen LogP contribution in [-0.4, -0.2) is 71.2 Å². The predicted molar refractivity (Wildman–Crippen MR) is 114 cm³/mol. The van der Waals surface area contributed by atoms with Crippen LogP contribution in [0.2, 0.25) is 0 Å². The maximum Gasteiger partial charge on any atom is 0.260 e. The van der Waals surface area contributed by atoms with Crippen molar-refractivity contribution in [1.82, 2.24) is 19.4 Å². The third-order valence-corrected chi connectivity index (χ3v) is 7.49. The zero-order chi connectivity index (χ0) is 21.1. The van der Waals surface area contributed by atoms with Gasteiger partial charge in [-0.1, -0.05) is 13.8 Å². The molecule has 2 aromatic rings. The first kappa shape index (κ1) is 19.7. The van der Waals surface area contributed by atoms with Gasteiger partial charge in [0.1, 0.15) is 0 Å². The van der Waals surface area contributed by atoms with Crippen LogP contribution in [0, 0.1) is 16.7 Å². The number of aryl methyl sites for hydroxylation is 1. The second kappa shape index (κ2) is 6.89. The molecule has 1 aromatic carbocycles. The first-order valence-electron chi connectivity index (χ1n) is 10.8. The molecule has 7 heteroatoms. The van der Waals surface area contributed by atoms with Gasteiger partial charge in [0.2, 0.25) is 0 Å². The smallest absolute Gasteiger partial charge is 0.260 e. The molecular weight excluding hydrogens is 380 g/mol. The molecule has 0 bridgehead atoms. The molecule has 2 aliphatic heterocycles. The monoisotopic (exact) mass is 410 g/mol. The summed E-state index contributed by atoms with van der Waals surface area (Å²) in [5, 5.41) is 0.544. The Morgan fingerprint density at radius 2 is 2.03 bits per heavy atom. The van der Waals surface area contributed by atoms with Crippen LogP contribution in [0.4, 0.5) is 0 Å². The quantitative estimate of drug-likeness (QED) is 0.771. The Kier molecular flexibility index (Phi) is 4.52. The number of hydrogen-bond acceptors (Lipinski definition) is 5. The molecule has 2 atom stereocenters. The molecular formula is C23H30N4O3. The standard InChI is InChI=1S/C23H30N4O3/c1-22(2)12-23(13-26-6-8-30-9-7-26)14-27(11-19(22)23)20(28)16-4-5-17-18(10-16)24-15-25(3)21(17)29/h4-5,10,15,19H,6-9,11-14H2,1-3H3/t19-,23+/m1/s1. The molecule has 1 saturated carbocycles. The number of hydrogen-bond donors (Lipinski definition) is 0. The van der Waals surface area contributed by atoms with E-state index in [1.165, 1.54) is 10.9 Å². The third-order valence-electron chi connectivity index (χ3n) is 7.49. The number of rotatable bonds is 3. The second-order valence-electron chi connectivity index (χ2n) is 10.0. The molecule has 0 N–H and O–H groups in total. The van der Waals surface area contributed by atoms with Gasteiger partial charge < -0.3 is 14.2 Å². The van der Waals surface area contributed by atoms with Crippen molar-refractivity contribution in [2.45, 2.75) is 20.3 Å². The molecule has 7 nitrogen and oxygen atoms in total. The molecule has 2 saturated heterocycles. The fourth-order valence-electron chi connectivity index (χ4n) is 6.23. The minimum absolute atomic E-state index is 0.0472. The molecule has 3 heterocycles. The zero-order valence-electron chi connectivity index (χ0n) is 18.1. The van der Waals surface area contributed by atoms with E-state index in [1.54, 1.807) is 25.2 Å². The number of carbonyl (C=O) groups is 1. The number of likely N-dealkylation sites (tertiary alicyclic amines) is 1. The van der Waals surface area contributed by atoms with Crippen LogP contribution < -0.4 is 5.56 Å². The molecule has 0 unspecified atom stereocenters. The van der Waals surface area contributed by atoms with Gasteiger partial charge in [-0.15, -0.1) is 0 Å². The average molecular weight is 411 g/mol. The van der Waals surface area contributed by atoms with Crippen molar-refractivity contribution in [1.29, 1.82) is 0 Å². The van der Waals surface area contributed by atoms with Gasteiger partial charge in [-0.05, 0) is 36.0 Å². The summed E-state index contributed by atoms with van der Waals surface area (Å²) in [6.45, 7) is 10.9. The van der Waals surface area contributed by atoms with E-state index in [2.05, 4.69) is 23.7 Å². The maximum absolute atomic E-state index is 13.4. The molecule has 1 amide bonds. The summed E-state index contributed by atoms with van der Waals surface area (Å²) >= 11 is 0. The number of nitrogens with zero attached hydrogens (tertiary/aromatic N) is 4. The summed E-state index contributed by atoms with van der Waals surface area (Å²) in [5.41, 5.74) is 1.54. The van der Waals surface area contributed by atoms with E-state index in [0.29, 0.717) is 22.4 Å². The molecule has 30 heavy (non-hydrogen) atoms. The van der Waals surface area contributed by atoms with Gasteiger partial charge in [-0.3, -0.25) is 14.5 Å². The van der Waals surface area contributed by atoms with E-state index in [1.807, 2.05) is 4.90 Å². The third kappa shape index (κ3) is 3.06. The number of morpholine rings is 1. The van der Waals surface area contributed by atoms with Crippen molar-refractivity contribution in [2.75, 3.05) is 45.9 Å². The van der Waals surface area contributed by atoms with E-state index in [4.69, 9.17) is 4.74 Å². The van der Waals surface area contributed by atoms with Crippen molar-refractivity contribution in [3.63, 3.8) is 0 Å². The maximum atomic E-state index is 13.4. The van der Waals surface area contributed by atoms with Gasteiger partial charge >= 0.3 is 0 Å². The highest BCUT2D eigenvalue weighted by Gasteiger charge is 2.63. The number of ether oxygens (including phenoxy) is 1. The van der Waals surface area contributed by atoms with Crippen LogP contribution in [0.25, 0.3) is 10.9 Å². The lowest BCUT2D eigenvalue weighted by Crippen LogP contribution is -2.59.